The number of methoxy groups -OCH3 is 1. The highest BCUT2D eigenvalue weighted by Crippen LogP contribution is 2.39. The quantitative estimate of drug-likeness (QED) is 0.736. The van der Waals surface area contributed by atoms with E-state index in [1.165, 1.54) is 7.11 Å². The number of aliphatic hydroxyl groups is 1. The zero-order valence-electron chi connectivity index (χ0n) is 8.00. The van der Waals surface area contributed by atoms with E-state index in [4.69, 9.17) is 17.3 Å². The van der Waals surface area contributed by atoms with Crippen LogP contribution in [0.5, 0.6) is 11.5 Å². The van der Waals surface area contributed by atoms with Crippen LogP contribution in [0.25, 0.3) is 0 Å². The van der Waals surface area contributed by atoms with Crippen molar-refractivity contribution in [2.24, 2.45) is 5.73 Å². The summed E-state index contributed by atoms with van der Waals surface area (Å²) in [5.41, 5.74) is 5.26. The molecule has 0 fully saturated rings. The Morgan fingerprint density at radius 3 is 2.73 bits per heavy atom. The summed E-state index contributed by atoms with van der Waals surface area (Å²) in [5.74, 6) is -1.76. The molecule has 0 aliphatic heterocycles. The number of phenols is 1. The van der Waals surface area contributed by atoms with Crippen LogP contribution in [0.1, 0.15) is 11.7 Å². The molecule has 6 heteroatoms. The fourth-order valence-corrected chi connectivity index (χ4v) is 1.38. The van der Waals surface area contributed by atoms with Gasteiger partial charge in [0.2, 0.25) is 0 Å². The van der Waals surface area contributed by atoms with Gasteiger partial charge in [-0.05, 0) is 6.07 Å². The van der Waals surface area contributed by atoms with E-state index in [1.807, 2.05) is 0 Å². The van der Waals surface area contributed by atoms with Crippen LogP contribution in [0.3, 0.4) is 0 Å². The van der Waals surface area contributed by atoms with E-state index >= 15 is 0 Å². The number of nitrogens with two attached hydrogens (primary N) is 1. The van der Waals surface area contributed by atoms with Gasteiger partial charge in [-0.15, -0.1) is 0 Å². The van der Waals surface area contributed by atoms with Crippen LogP contribution < -0.4 is 10.5 Å². The molecule has 0 saturated carbocycles. The largest absolute Gasteiger partial charge is 0.504 e. The molecule has 0 radical (unpaired) electrons. The van der Waals surface area contributed by atoms with Gasteiger partial charge < -0.3 is 20.7 Å². The number of hydrogen-bond acceptors (Lipinski definition) is 4. The standard InChI is InChI=1S/C9H11ClFNO3/c1-15-9-7(11)5(10)2-4(8(9)14)6(13)3-12/h2,6,13-14H,3,12H2,1H3. The second-order valence-corrected chi connectivity index (χ2v) is 3.30. The first-order chi connectivity index (χ1) is 7.02. The number of aromatic hydroxyl groups is 1. The van der Waals surface area contributed by atoms with Crippen LogP contribution in [-0.2, 0) is 0 Å². The number of benzene rings is 1. The normalized spacial score (nSPS) is 12.6. The maximum atomic E-state index is 13.3. The minimum absolute atomic E-state index is 0.0424. The lowest BCUT2D eigenvalue weighted by atomic mass is 10.1. The molecule has 0 heterocycles. The molecule has 4 N–H and O–H groups in total. The zero-order valence-corrected chi connectivity index (χ0v) is 8.75. The van der Waals surface area contributed by atoms with Crippen molar-refractivity contribution in [2.45, 2.75) is 6.10 Å². The Morgan fingerprint density at radius 2 is 2.27 bits per heavy atom. The molecule has 0 aromatic heterocycles. The van der Waals surface area contributed by atoms with Crippen LogP contribution >= 0.6 is 11.6 Å². The summed E-state index contributed by atoms with van der Waals surface area (Å²) < 4.78 is 17.9. The fourth-order valence-electron chi connectivity index (χ4n) is 1.18. The number of phenolic OH excluding ortho intramolecular Hbond substituents is 1. The molecule has 0 aliphatic rings. The van der Waals surface area contributed by atoms with Gasteiger partial charge in [-0.2, -0.15) is 0 Å². The van der Waals surface area contributed by atoms with Crippen LogP contribution in [0.2, 0.25) is 5.02 Å². The van der Waals surface area contributed by atoms with Gasteiger partial charge in [0.25, 0.3) is 0 Å². The van der Waals surface area contributed by atoms with Gasteiger partial charge in [0.1, 0.15) is 0 Å². The molecular weight excluding hydrogens is 225 g/mol. The van der Waals surface area contributed by atoms with Crippen molar-refractivity contribution in [1.29, 1.82) is 0 Å². The zero-order chi connectivity index (χ0) is 11.6. The number of halogens is 2. The van der Waals surface area contributed by atoms with E-state index in [0.717, 1.165) is 6.07 Å². The van der Waals surface area contributed by atoms with E-state index in [9.17, 15) is 14.6 Å². The van der Waals surface area contributed by atoms with Gasteiger partial charge in [-0.1, -0.05) is 11.6 Å². The molecule has 15 heavy (non-hydrogen) atoms. The molecule has 1 atom stereocenters. The van der Waals surface area contributed by atoms with Crippen molar-refractivity contribution in [3.63, 3.8) is 0 Å². The molecule has 1 rings (SSSR count). The highest BCUT2D eigenvalue weighted by molar-refractivity contribution is 6.31. The second kappa shape index (κ2) is 4.65. The first-order valence-electron chi connectivity index (χ1n) is 4.15. The summed E-state index contributed by atoms with van der Waals surface area (Å²) in [4.78, 5) is 0. The maximum Gasteiger partial charge on any atom is 0.198 e. The summed E-state index contributed by atoms with van der Waals surface area (Å²) in [6.45, 7) is -0.112. The summed E-state index contributed by atoms with van der Waals surface area (Å²) in [6, 6.07) is 1.12. The van der Waals surface area contributed by atoms with Crippen molar-refractivity contribution in [2.75, 3.05) is 13.7 Å². The SMILES string of the molecule is COc1c(O)c(C(O)CN)cc(Cl)c1F. The number of hydrogen-bond donors (Lipinski definition) is 3. The minimum atomic E-state index is -1.11. The lowest BCUT2D eigenvalue weighted by molar-refractivity contribution is 0.181. The molecule has 0 aliphatic carbocycles. The predicted octanol–water partition coefficient (Wildman–Crippen LogP) is 1.19. The Morgan fingerprint density at radius 1 is 1.67 bits per heavy atom. The Bertz CT molecular complexity index is 373. The highest BCUT2D eigenvalue weighted by atomic mass is 35.5. The Labute approximate surface area is 91.0 Å². The van der Waals surface area contributed by atoms with Crippen molar-refractivity contribution in [3.8, 4) is 11.5 Å². The topological polar surface area (TPSA) is 75.7 Å². The summed E-state index contributed by atoms with van der Waals surface area (Å²) in [5, 5.41) is 18.7. The van der Waals surface area contributed by atoms with Crippen LogP contribution in [-0.4, -0.2) is 23.9 Å². The third kappa shape index (κ3) is 2.14. The van der Waals surface area contributed by atoms with Gasteiger partial charge in [-0.3, -0.25) is 0 Å². The van der Waals surface area contributed by atoms with Crippen LogP contribution in [0.15, 0.2) is 6.07 Å². The third-order valence-electron chi connectivity index (χ3n) is 1.97. The summed E-state index contributed by atoms with van der Waals surface area (Å²) in [6.07, 6.45) is -1.11. The monoisotopic (exact) mass is 235 g/mol. The van der Waals surface area contributed by atoms with Crippen molar-refractivity contribution in [1.82, 2.24) is 0 Å². The maximum absolute atomic E-state index is 13.3. The van der Waals surface area contributed by atoms with Gasteiger partial charge in [-0.25, -0.2) is 4.39 Å². The summed E-state index contributed by atoms with van der Waals surface area (Å²) in [7, 11) is 1.19. The lowest BCUT2D eigenvalue weighted by Crippen LogP contribution is -2.12. The van der Waals surface area contributed by atoms with Gasteiger partial charge in [0.15, 0.2) is 17.3 Å². The van der Waals surface area contributed by atoms with Gasteiger partial charge >= 0.3 is 0 Å². The molecule has 1 aromatic carbocycles. The van der Waals surface area contributed by atoms with Crippen molar-refractivity contribution < 1.29 is 19.3 Å². The molecule has 4 nitrogen and oxygen atoms in total. The molecular formula is C9H11ClFNO3. The number of aliphatic hydroxyl groups excluding tert-OH is 1. The molecule has 1 unspecified atom stereocenters. The van der Waals surface area contributed by atoms with E-state index in [-0.39, 0.29) is 17.1 Å². The van der Waals surface area contributed by atoms with Crippen molar-refractivity contribution >= 4 is 11.6 Å². The average Bonchev–Trinajstić information content (AvgIpc) is 2.23. The molecule has 1 aromatic rings. The first kappa shape index (κ1) is 12.0. The lowest BCUT2D eigenvalue weighted by Gasteiger charge is -2.14. The molecule has 84 valence electrons. The third-order valence-corrected chi connectivity index (χ3v) is 2.24. The fraction of sp³-hybridized carbons (Fsp3) is 0.333. The predicted molar refractivity (Wildman–Crippen MR) is 53.6 cm³/mol. The minimum Gasteiger partial charge on any atom is -0.504 e. The first-order valence-corrected chi connectivity index (χ1v) is 4.53. The van der Waals surface area contributed by atoms with Gasteiger partial charge in [0, 0.05) is 12.1 Å². The Balaban J connectivity index is 3.36. The highest BCUT2D eigenvalue weighted by Gasteiger charge is 2.21. The number of rotatable bonds is 3. The van der Waals surface area contributed by atoms with E-state index in [0.29, 0.717) is 0 Å². The van der Waals surface area contributed by atoms with E-state index in [2.05, 4.69) is 4.74 Å². The molecule has 0 bridgehead atoms. The molecule has 0 spiro atoms. The van der Waals surface area contributed by atoms with E-state index < -0.39 is 23.4 Å². The van der Waals surface area contributed by atoms with Crippen LogP contribution in [0.4, 0.5) is 4.39 Å². The molecule has 0 saturated heterocycles. The number of ether oxygens (including phenoxy) is 1. The second-order valence-electron chi connectivity index (χ2n) is 2.89. The Kier molecular flexibility index (Phi) is 3.73. The average molecular weight is 236 g/mol. The van der Waals surface area contributed by atoms with Crippen LogP contribution in [0, 0.1) is 5.82 Å². The molecule has 0 amide bonds. The van der Waals surface area contributed by atoms with Gasteiger partial charge in [0.05, 0.1) is 18.2 Å². The smallest absolute Gasteiger partial charge is 0.198 e. The van der Waals surface area contributed by atoms with Crippen molar-refractivity contribution in [3.05, 3.63) is 22.5 Å². The summed E-state index contributed by atoms with van der Waals surface area (Å²) >= 11 is 5.55. The van der Waals surface area contributed by atoms with E-state index in [1.54, 1.807) is 0 Å². The Hall–Kier alpha value is -1.04.